The number of hydrogen-bond donors (Lipinski definition) is 2. The highest BCUT2D eigenvalue weighted by atomic mass is 79.9. The van der Waals surface area contributed by atoms with Crippen LogP contribution in [-0.4, -0.2) is 44.3 Å². The van der Waals surface area contributed by atoms with Crippen LogP contribution in [0.15, 0.2) is 16.6 Å². The SMILES string of the molecule is COc1cc(C(=O)NCC(F)(F)CO)cc(OC)c1Br. The fourth-order valence-corrected chi connectivity index (χ4v) is 1.92. The number of methoxy groups -OCH3 is 2. The van der Waals surface area contributed by atoms with Crippen LogP contribution in [-0.2, 0) is 0 Å². The lowest BCUT2D eigenvalue weighted by molar-refractivity contribution is -0.0462. The van der Waals surface area contributed by atoms with Gasteiger partial charge in [-0.05, 0) is 28.1 Å². The molecule has 1 amide bonds. The maximum Gasteiger partial charge on any atom is 0.287 e. The number of carbonyl (C=O) groups is 1. The molecular weight excluding hydrogens is 340 g/mol. The van der Waals surface area contributed by atoms with Gasteiger partial charge in [0.15, 0.2) is 0 Å². The van der Waals surface area contributed by atoms with E-state index in [1.807, 2.05) is 5.32 Å². The van der Waals surface area contributed by atoms with Crippen molar-refractivity contribution < 1.29 is 28.2 Å². The number of nitrogens with one attached hydrogen (secondary N) is 1. The molecule has 0 fully saturated rings. The summed E-state index contributed by atoms with van der Waals surface area (Å²) in [6.07, 6.45) is 0. The average Bonchev–Trinajstić information content (AvgIpc) is 2.45. The van der Waals surface area contributed by atoms with E-state index in [0.29, 0.717) is 16.0 Å². The van der Waals surface area contributed by atoms with Crippen molar-refractivity contribution in [2.24, 2.45) is 0 Å². The smallest absolute Gasteiger partial charge is 0.287 e. The predicted molar refractivity (Wildman–Crippen MR) is 71.6 cm³/mol. The van der Waals surface area contributed by atoms with E-state index in [1.54, 1.807) is 0 Å². The number of aliphatic hydroxyl groups is 1. The highest BCUT2D eigenvalue weighted by Crippen LogP contribution is 2.35. The zero-order valence-electron chi connectivity index (χ0n) is 10.9. The van der Waals surface area contributed by atoms with Crippen molar-refractivity contribution in [3.05, 3.63) is 22.2 Å². The number of hydrogen-bond acceptors (Lipinski definition) is 4. The summed E-state index contributed by atoms with van der Waals surface area (Å²) in [5.74, 6) is -3.41. The molecule has 0 unspecified atom stereocenters. The number of rotatable bonds is 6. The van der Waals surface area contributed by atoms with Gasteiger partial charge >= 0.3 is 0 Å². The van der Waals surface area contributed by atoms with Crippen LogP contribution in [0.4, 0.5) is 8.78 Å². The van der Waals surface area contributed by atoms with Gasteiger partial charge in [-0.25, -0.2) is 8.78 Å². The van der Waals surface area contributed by atoms with Crippen LogP contribution < -0.4 is 14.8 Å². The quantitative estimate of drug-likeness (QED) is 0.818. The Balaban J connectivity index is 2.93. The molecule has 0 bridgehead atoms. The van der Waals surface area contributed by atoms with Crippen molar-refractivity contribution in [3.63, 3.8) is 0 Å². The van der Waals surface area contributed by atoms with Gasteiger partial charge in [0.05, 0.1) is 20.8 Å². The number of aliphatic hydroxyl groups excluding tert-OH is 1. The van der Waals surface area contributed by atoms with Crippen LogP contribution in [0.1, 0.15) is 10.4 Å². The summed E-state index contributed by atoms with van der Waals surface area (Å²) < 4.78 is 36.3. The van der Waals surface area contributed by atoms with Gasteiger partial charge in [0.1, 0.15) is 22.6 Å². The topological polar surface area (TPSA) is 67.8 Å². The van der Waals surface area contributed by atoms with Gasteiger partial charge in [-0.2, -0.15) is 0 Å². The van der Waals surface area contributed by atoms with E-state index in [2.05, 4.69) is 15.9 Å². The molecule has 0 aliphatic carbocycles. The molecule has 0 heterocycles. The molecule has 1 aromatic carbocycles. The Kier molecular flexibility index (Phi) is 5.70. The van der Waals surface area contributed by atoms with Crippen molar-refractivity contribution in [3.8, 4) is 11.5 Å². The summed E-state index contributed by atoms with van der Waals surface area (Å²) in [5.41, 5.74) is 0.107. The van der Waals surface area contributed by atoms with E-state index < -0.39 is 25.0 Å². The number of halogens is 3. The molecule has 0 saturated heterocycles. The number of amides is 1. The molecule has 112 valence electrons. The molecule has 1 rings (SSSR count). The van der Waals surface area contributed by atoms with Gasteiger partial charge in [0, 0.05) is 5.56 Å². The average molecular weight is 354 g/mol. The van der Waals surface area contributed by atoms with Gasteiger partial charge in [-0.3, -0.25) is 4.79 Å². The zero-order valence-corrected chi connectivity index (χ0v) is 12.5. The molecule has 0 aliphatic heterocycles. The predicted octanol–water partition coefficient (Wildman–Crippen LogP) is 1.82. The molecule has 1 aromatic rings. The summed E-state index contributed by atoms with van der Waals surface area (Å²) in [4.78, 5) is 11.8. The van der Waals surface area contributed by atoms with E-state index in [9.17, 15) is 13.6 Å². The molecule has 2 N–H and O–H groups in total. The van der Waals surface area contributed by atoms with Crippen molar-refractivity contribution in [1.82, 2.24) is 5.32 Å². The fraction of sp³-hybridized carbons (Fsp3) is 0.417. The zero-order chi connectivity index (χ0) is 15.3. The van der Waals surface area contributed by atoms with Gasteiger partial charge in [-0.1, -0.05) is 0 Å². The second-order valence-corrected chi connectivity index (χ2v) is 4.68. The summed E-state index contributed by atoms with van der Waals surface area (Å²) in [6.45, 7) is -2.29. The molecule has 5 nitrogen and oxygen atoms in total. The van der Waals surface area contributed by atoms with E-state index in [0.717, 1.165) is 0 Å². The largest absolute Gasteiger partial charge is 0.495 e. The Morgan fingerprint density at radius 3 is 2.25 bits per heavy atom. The Morgan fingerprint density at radius 2 is 1.85 bits per heavy atom. The first kappa shape index (κ1) is 16.6. The summed E-state index contributed by atoms with van der Waals surface area (Å²) in [5, 5.41) is 10.5. The Labute approximate surface area is 123 Å². The lowest BCUT2D eigenvalue weighted by atomic mass is 10.2. The first-order valence-corrected chi connectivity index (χ1v) is 6.32. The van der Waals surface area contributed by atoms with Gasteiger partial charge in [0.25, 0.3) is 11.8 Å². The number of ether oxygens (including phenoxy) is 2. The molecule has 0 saturated carbocycles. The van der Waals surface area contributed by atoms with Gasteiger partial charge < -0.3 is 19.9 Å². The Morgan fingerprint density at radius 1 is 1.35 bits per heavy atom. The van der Waals surface area contributed by atoms with Crippen LogP contribution in [0, 0.1) is 0 Å². The van der Waals surface area contributed by atoms with Gasteiger partial charge in [0.2, 0.25) is 0 Å². The Bertz CT molecular complexity index is 471. The maximum absolute atomic E-state index is 12.9. The molecular formula is C12H14BrF2NO4. The lowest BCUT2D eigenvalue weighted by Gasteiger charge is -2.15. The molecule has 20 heavy (non-hydrogen) atoms. The fourth-order valence-electron chi connectivity index (χ4n) is 1.37. The normalized spacial score (nSPS) is 11.1. The minimum Gasteiger partial charge on any atom is -0.495 e. The standard InChI is InChI=1S/C12H14BrF2NO4/c1-19-8-3-7(4-9(20-2)10(8)13)11(18)16-5-12(14,15)6-17/h3-4,17H,5-6H2,1-2H3,(H,16,18). The van der Waals surface area contributed by atoms with Crippen LogP contribution >= 0.6 is 15.9 Å². The Hall–Kier alpha value is -1.41. The highest BCUT2D eigenvalue weighted by molar-refractivity contribution is 9.10. The van der Waals surface area contributed by atoms with Crippen molar-refractivity contribution in [2.75, 3.05) is 27.4 Å². The highest BCUT2D eigenvalue weighted by Gasteiger charge is 2.28. The summed E-state index contributed by atoms with van der Waals surface area (Å²) in [7, 11) is 2.81. The molecule has 0 aliphatic rings. The lowest BCUT2D eigenvalue weighted by Crippen LogP contribution is -2.39. The molecule has 0 spiro atoms. The van der Waals surface area contributed by atoms with E-state index >= 15 is 0 Å². The van der Waals surface area contributed by atoms with Crippen molar-refractivity contribution in [2.45, 2.75) is 5.92 Å². The minimum atomic E-state index is -3.36. The van der Waals surface area contributed by atoms with E-state index in [1.165, 1.54) is 26.4 Å². The minimum absolute atomic E-state index is 0.107. The van der Waals surface area contributed by atoms with Crippen LogP contribution in [0.5, 0.6) is 11.5 Å². The monoisotopic (exact) mass is 353 g/mol. The number of alkyl halides is 2. The second kappa shape index (κ2) is 6.85. The third-order valence-corrected chi connectivity index (χ3v) is 3.23. The first-order chi connectivity index (χ1) is 9.34. The summed E-state index contributed by atoms with van der Waals surface area (Å²) >= 11 is 3.23. The third kappa shape index (κ3) is 4.04. The van der Waals surface area contributed by atoms with Crippen LogP contribution in [0.25, 0.3) is 0 Å². The van der Waals surface area contributed by atoms with Crippen LogP contribution in [0.2, 0.25) is 0 Å². The van der Waals surface area contributed by atoms with E-state index in [4.69, 9.17) is 14.6 Å². The number of benzene rings is 1. The molecule has 0 atom stereocenters. The van der Waals surface area contributed by atoms with Gasteiger partial charge in [-0.15, -0.1) is 0 Å². The molecule has 8 heteroatoms. The second-order valence-electron chi connectivity index (χ2n) is 3.89. The molecule has 0 radical (unpaired) electrons. The summed E-state index contributed by atoms with van der Waals surface area (Å²) in [6, 6.07) is 2.78. The van der Waals surface area contributed by atoms with Crippen LogP contribution in [0.3, 0.4) is 0 Å². The maximum atomic E-state index is 12.9. The van der Waals surface area contributed by atoms with Crippen molar-refractivity contribution >= 4 is 21.8 Å². The third-order valence-electron chi connectivity index (χ3n) is 2.45. The van der Waals surface area contributed by atoms with Crippen molar-refractivity contribution in [1.29, 1.82) is 0 Å². The molecule has 0 aromatic heterocycles. The van der Waals surface area contributed by atoms with E-state index in [-0.39, 0.29) is 5.56 Å². The first-order valence-electron chi connectivity index (χ1n) is 5.53. The number of carbonyl (C=O) groups excluding carboxylic acids is 1.